The molecule has 2 heterocycles. The Kier molecular flexibility index (Phi) is 1.96. The van der Waals surface area contributed by atoms with Crippen molar-refractivity contribution in [3.05, 3.63) is 24.0 Å². The van der Waals surface area contributed by atoms with Crippen LogP contribution in [0.25, 0.3) is 0 Å². The van der Waals surface area contributed by atoms with Crippen molar-refractivity contribution in [2.45, 2.75) is 64.2 Å². The molecule has 0 bridgehead atoms. The standard InChI is InChI=1S/C15H21BF3NO2/c1-12(2,15(17,18)19)11-9-10(7-8-20-11)16-21-13(3,4)14(5,6)22-16/h7-9H,1-6H3/i1D3,2D3,7D,8D,9D. The van der Waals surface area contributed by atoms with Gasteiger partial charge in [0.15, 0.2) is 0 Å². The fraction of sp³-hybridized carbons (Fsp3) is 0.667. The number of alkyl halides is 3. The van der Waals surface area contributed by atoms with E-state index in [1.165, 1.54) is 0 Å². The normalized spacial score (nSPS) is 28.3. The van der Waals surface area contributed by atoms with Crippen molar-refractivity contribution in [3.8, 4) is 0 Å². The number of halogens is 3. The molecule has 2 rings (SSSR count). The molecule has 1 saturated heterocycles. The molecule has 122 valence electrons. The van der Waals surface area contributed by atoms with Crippen LogP contribution >= 0.6 is 0 Å². The third-order valence-corrected chi connectivity index (χ3v) is 3.88. The summed E-state index contributed by atoms with van der Waals surface area (Å²) in [5.74, 6) is 0. The molecule has 0 N–H and O–H groups in total. The molecule has 1 aromatic heterocycles. The smallest absolute Gasteiger partial charge is 0.399 e. The first kappa shape index (κ1) is 8.69. The molecule has 0 radical (unpaired) electrons. The van der Waals surface area contributed by atoms with Gasteiger partial charge < -0.3 is 9.31 Å². The summed E-state index contributed by atoms with van der Waals surface area (Å²) < 4.78 is 123. The molecular formula is C15H21BF3NO2. The Morgan fingerprint density at radius 3 is 2.18 bits per heavy atom. The van der Waals surface area contributed by atoms with Crippen molar-refractivity contribution in [1.82, 2.24) is 4.98 Å². The minimum Gasteiger partial charge on any atom is -0.399 e. The van der Waals surface area contributed by atoms with E-state index < -0.39 is 73.0 Å². The van der Waals surface area contributed by atoms with E-state index in [2.05, 4.69) is 4.98 Å². The van der Waals surface area contributed by atoms with Crippen molar-refractivity contribution in [2.75, 3.05) is 0 Å². The van der Waals surface area contributed by atoms with Gasteiger partial charge in [-0.15, -0.1) is 0 Å². The number of nitrogens with zero attached hydrogens (tertiary/aromatic N) is 1. The molecule has 0 amide bonds. The van der Waals surface area contributed by atoms with E-state index >= 15 is 0 Å². The minimum atomic E-state index is -5.91. The summed E-state index contributed by atoms with van der Waals surface area (Å²) in [5, 5.41) is 0. The predicted molar refractivity (Wildman–Crippen MR) is 79.0 cm³/mol. The van der Waals surface area contributed by atoms with Crippen LogP contribution < -0.4 is 5.46 Å². The van der Waals surface area contributed by atoms with E-state index in [9.17, 15) is 13.2 Å². The zero-order valence-electron chi connectivity index (χ0n) is 21.5. The summed E-state index contributed by atoms with van der Waals surface area (Å²) in [6.07, 6.45) is -7.05. The molecule has 3 nitrogen and oxygen atoms in total. The number of hydrogen-bond acceptors (Lipinski definition) is 3. The molecule has 0 aliphatic carbocycles. The van der Waals surface area contributed by atoms with Gasteiger partial charge in [-0.25, -0.2) is 0 Å². The Morgan fingerprint density at radius 1 is 1.18 bits per heavy atom. The summed E-state index contributed by atoms with van der Waals surface area (Å²) >= 11 is 0. The number of hydrogen-bond donors (Lipinski definition) is 0. The van der Waals surface area contributed by atoms with Gasteiger partial charge in [0.05, 0.1) is 21.0 Å². The number of aromatic nitrogens is 1. The van der Waals surface area contributed by atoms with Crippen LogP contribution in [0.5, 0.6) is 0 Å². The van der Waals surface area contributed by atoms with Crippen molar-refractivity contribution in [3.63, 3.8) is 0 Å². The SMILES string of the molecule is [2H]c1nc(C(C([2H])([2H])[2H])(C([2H])([2H])[2H])C(F)(F)F)c([2H])c(B2OC(C)(C)C(C)(C)O2)c1[2H]. The Morgan fingerprint density at radius 2 is 1.73 bits per heavy atom. The lowest BCUT2D eigenvalue weighted by Gasteiger charge is -2.32. The van der Waals surface area contributed by atoms with Gasteiger partial charge in [0, 0.05) is 14.4 Å². The van der Waals surface area contributed by atoms with Gasteiger partial charge in [0.2, 0.25) is 0 Å². The summed E-state index contributed by atoms with van der Waals surface area (Å²) in [5.41, 5.74) is -9.07. The summed E-state index contributed by atoms with van der Waals surface area (Å²) in [6, 6.07) is -2.12. The zero-order valence-corrected chi connectivity index (χ0v) is 12.5. The number of rotatable bonds is 2. The molecule has 1 aromatic rings. The summed E-state index contributed by atoms with van der Waals surface area (Å²) in [4.78, 5) is 3.19. The largest absolute Gasteiger partial charge is 0.494 e. The molecule has 1 aliphatic heterocycles. The second kappa shape index (κ2) is 4.96. The highest BCUT2D eigenvalue weighted by atomic mass is 19.4. The Bertz CT molecular complexity index is 832. The van der Waals surface area contributed by atoms with Gasteiger partial charge in [-0.1, -0.05) is 0 Å². The first-order valence-corrected chi connectivity index (χ1v) is 6.43. The molecule has 1 aliphatic rings. The predicted octanol–water partition coefficient (Wildman–Crippen LogP) is 3.22. The van der Waals surface area contributed by atoms with Gasteiger partial charge in [0.1, 0.15) is 5.41 Å². The summed E-state index contributed by atoms with van der Waals surface area (Å²) in [6.45, 7) is -2.07. The van der Waals surface area contributed by atoms with Crippen molar-refractivity contribution >= 4 is 12.6 Å². The monoisotopic (exact) mass is 324 g/mol. The molecule has 0 saturated carbocycles. The minimum absolute atomic E-state index is 0.698. The second-order valence-electron chi connectivity index (χ2n) is 6.07. The Balaban J connectivity index is 2.97. The molecular weight excluding hydrogens is 294 g/mol. The highest BCUT2D eigenvalue weighted by molar-refractivity contribution is 6.62. The van der Waals surface area contributed by atoms with Crippen LogP contribution in [-0.2, 0) is 14.7 Å². The highest BCUT2D eigenvalue weighted by Gasteiger charge is 2.53. The first-order chi connectivity index (χ1) is 13.5. The van der Waals surface area contributed by atoms with E-state index in [1.807, 2.05) is 0 Å². The van der Waals surface area contributed by atoms with E-state index in [1.54, 1.807) is 27.7 Å². The first-order valence-electron chi connectivity index (χ1n) is 10.9. The second-order valence-corrected chi connectivity index (χ2v) is 6.07. The maximum atomic E-state index is 14.2. The fourth-order valence-corrected chi connectivity index (χ4v) is 1.72. The molecule has 0 atom stereocenters. The van der Waals surface area contributed by atoms with E-state index in [0.29, 0.717) is 0 Å². The maximum absolute atomic E-state index is 14.2. The topological polar surface area (TPSA) is 31.4 Å². The van der Waals surface area contributed by atoms with Gasteiger partial charge in [-0.3, -0.25) is 4.98 Å². The van der Waals surface area contributed by atoms with Gasteiger partial charge in [-0.05, 0) is 58.9 Å². The van der Waals surface area contributed by atoms with Gasteiger partial charge in [-0.2, -0.15) is 13.2 Å². The van der Waals surface area contributed by atoms with Crippen molar-refractivity contribution < 1.29 is 34.8 Å². The molecule has 0 unspecified atom stereocenters. The van der Waals surface area contributed by atoms with Gasteiger partial charge >= 0.3 is 13.3 Å². The van der Waals surface area contributed by atoms with Crippen molar-refractivity contribution in [1.29, 1.82) is 0 Å². The van der Waals surface area contributed by atoms with Crippen LogP contribution in [0.15, 0.2) is 18.3 Å². The summed E-state index contributed by atoms with van der Waals surface area (Å²) in [7, 11) is -1.62. The Hall–Kier alpha value is -1.08. The van der Waals surface area contributed by atoms with E-state index in [-0.39, 0.29) is 0 Å². The lowest BCUT2D eigenvalue weighted by atomic mass is 9.77. The lowest BCUT2D eigenvalue weighted by molar-refractivity contribution is -0.181. The average molecular weight is 324 g/mol. The fourth-order valence-electron chi connectivity index (χ4n) is 1.72. The van der Waals surface area contributed by atoms with E-state index in [0.717, 1.165) is 0 Å². The van der Waals surface area contributed by atoms with Crippen LogP contribution in [0, 0.1) is 0 Å². The zero-order chi connectivity index (χ0) is 24.6. The maximum Gasteiger partial charge on any atom is 0.494 e. The molecule has 0 spiro atoms. The van der Waals surface area contributed by atoms with Crippen LogP contribution in [0.4, 0.5) is 13.2 Å². The Labute approximate surface area is 142 Å². The third kappa shape index (κ3) is 2.76. The third-order valence-electron chi connectivity index (χ3n) is 3.88. The van der Waals surface area contributed by atoms with Gasteiger partial charge in [0.25, 0.3) is 0 Å². The molecule has 7 heteroatoms. The van der Waals surface area contributed by atoms with Crippen LogP contribution in [-0.4, -0.2) is 29.5 Å². The van der Waals surface area contributed by atoms with Crippen LogP contribution in [0.3, 0.4) is 0 Å². The quantitative estimate of drug-likeness (QED) is 0.783. The van der Waals surface area contributed by atoms with Crippen LogP contribution in [0.1, 0.15) is 59.4 Å². The highest BCUT2D eigenvalue weighted by Crippen LogP contribution is 2.40. The lowest BCUT2D eigenvalue weighted by Crippen LogP contribution is -2.41. The van der Waals surface area contributed by atoms with Crippen LogP contribution in [0.2, 0.25) is 0 Å². The van der Waals surface area contributed by atoms with Crippen molar-refractivity contribution in [2.24, 2.45) is 0 Å². The number of pyridine rings is 1. The molecule has 1 fully saturated rings. The average Bonchev–Trinajstić information content (AvgIpc) is 2.68. The van der Waals surface area contributed by atoms with E-state index in [4.69, 9.17) is 21.6 Å². The molecule has 22 heavy (non-hydrogen) atoms. The molecule has 0 aromatic carbocycles.